The molecule has 0 aromatic heterocycles. The first kappa shape index (κ1) is 14.3. The van der Waals surface area contributed by atoms with Crippen molar-refractivity contribution in [3.05, 3.63) is 0 Å². The van der Waals surface area contributed by atoms with E-state index >= 15 is 0 Å². The highest BCUT2D eigenvalue weighted by molar-refractivity contribution is 4.91. The first-order valence-corrected chi connectivity index (χ1v) is 8.02. The van der Waals surface area contributed by atoms with Crippen LogP contribution in [0.2, 0.25) is 0 Å². The van der Waals surface area contributed by atoms with Gasteiger partial charge in [0.1, 0.15) is 0 Å². The predicted molar refractivity (Wildman–Crippen MR) is 78.8 cm³/mol. The van der Waals surface area contributed by atoms with Crippen LogP contribution in [-0.4, -0.2) is 36.6 Å². The lowest BCUT2D eigenvalue weighted by atomic mass is 9.79. The smallest absolute Gasteiger partial charge is 0.0198 e. The zero-order valence-electron chi connectivity index (χ0n) is 12.8. The minimum Gasteiger partial charge on any atom is -0.313 e. The number of rotatable bonds is 5. The summed E-state index contributed by atoms with van der Waals surface area (Å²) in [6, 6.07) is 1.64. The Hall–Kier alpha value is -0.0800. The molecule has 2 rings (SSSR count). The van der Waals surface area contributed by atoms with Crippen LogP contribution in [-0.2, 0) is 0 Å². The second kappa shape index (κ2) is 6.38. The van der Waals surface area contributed by atoms with Crippen molar-refractivity contribution in [2.75, 3.05) is 19.6 Å². The fourth-order valence-electron chi connectivity index (χ4n) is 3.57. The summed E-state index contributed by atoms with van der Waals surface area (Å²) in [6.45, 7) is 13.3. The van der Waals surface area contributed by atoms with E-state index in [1.807, 2.05) is 0 Å². The van der Waals surface area contributed by atoms with Gasteiger partial charge in [0.05, 0.1) is 0 Å². The average Bonchev–Trinajstić information content (AvgIpc) is 2.23. The molecule has 1 aliphatic carbocycles. The summed E-state index contributed by atoms with van der Waals surface area (Å²) < 4.78 is 0. The second-order valence-corrected chi connectivity index (χ2v) is 7.36. The van der Waals surface area contributed by atoms with Crippen LogP contribution in [0.25, 0.3) is 0 Å². The highest BCUT2D eigenvalue weighted by atomic mass is 15.2. The number of hydrogen-bond acceptors (Lipinski definition) is 2. The van der Waals surface area contributed by atoms with Crippen LogP contribution >= 0.6 is 0 Å². The normalized spacial score (nSPS) is 37.8. The Morgan fingerprint density at radius 3 is 2.39 bits per heavy atom. The van der Waals surface area contributed by atoms with Gasteiger partial charge in [-0.1, -0.05) is 27.7 Å². The molecule has 1 aliphatic heterocycles. The van der Waals surface area contributed by atoms with Gasteiger partial charge in [0.2, 0.25) is 0 Å². The van der Waals surface area contributed by atoms with Crippen molar-refractivity contribution in [3.63, 3.8) is 0 Å². The van der Waals surface area contributed by atoms with Crippen LogP contribution in [0.3, 0.4) is 0 Å². The first-order valence-electron chi connectivity index (χ1n) is 8.02. The molecule has 2 heteroatoms. The molecule has 0 bridgehead atoms. The third-order valence-corrected chi connectivity index (χ3v) is 4.71. The van der Waals surface area contributed by atoms with Gasteiger partial charge in [0, 0.05) is 25.2 Å². The Morgan fingerprint density at radius 2 is 1.78 bits per heavy atom. The lowest BCUT2D eigenvalue weighted by Gasteiger charge is -2.47. The minimum atomic E-state index is 0.739. The predicted octanol–water partition coefficient (Wildman–Crippen LogP) is 3.13. The standard InChI is InChI=1S/C16H32N2/c1-12(2)5-6-17-15-7-14(4)10-18(11-15)16-8-13(3)9-16/h12-17H,5-11H2,1-4H3. The highest BCUT2D eigenvalue weighted by Gasteiger charge is 2.35. The SMILES string of the molecule is CC(C)CCNC1CC(C)CN(C2CC(C)C2)C1. The zero-order chi connectivity index (χ0) is 13.1. The molecule has 2 unspecified atom stereocenters. The third kappa shape index (κ3) is 3.96. The van der Waals surface area contributed by atoms with Crippen LogP contribution in [0, 0.1) is 17.8 Å². The summed E-state index contributed by atoms with van der Waals surface area (Å²) in [7, 11) is 0. The number of hydrogen-bond donors (Lipinski definition) is 1. The second-order valence-electron chi connectivity index (χ2n) is 7.36. The van der Waals surface area contributed by atoms with E-state index in [1.54, 1.807) is 0 Å². The Labute approximate surface area is 114 Å². The lowest BCUT2D eigenvalue weighted by Crippen LogP contribution is -2.55. The summed E-state index contributed by atoms with van der Waals surface area (Å²) >= 11 is 0. The molecule has 106 valence electrons. The van der Waals surface area contributed by atoms with E-state index in [0.29, 0.717) is 0 Å². The van der Waals surface area contributed by atoms with Gasteiger partial charge in [-0.15, -0.1) is 0 Å². The van der Waals surface area contributed by atoms with Crippen LogP contribution in [0.5, 0.6) is 0 Å². The van der Waals surface area contributed by atoms with E-state index in [0.717, 1.165) is 29.8 Å². The summed E-state index contributed by atoms with van der Waals surface area (Å²) in [6.07, 6.45) is 5.55. The largest absolute Gasteiger partial charge is 0.313 e. The number of piperidine rings is 1. The highest BCUT2D eigenvalue weighted by Crippen LogP contribution is 2.33. The molecular formula is C16H32N2. The van der Waals surface area contributed by atoms with Gasteiger partial charge in [-0.25, -0.2) is 0 Å². The maximum Gasteiger partial charge on any atom is 0.0198 e. The number of likely N-dealkylation sites (tertiary alicyclic amines) is 1. The van der Waals surface area contributed by atoms with Crippen molar-refractivity contribution in [1.82, 2.24) is 10.2 Å². The Morgan fingerprint density at radius 1 is 1.06 bits per heavy atom. The van der Waals surface area contributed by atoms with Crippen LogP contribution in [0.15, 0.2) is 0 Å². The molecular weight excluding hydrogens is 220 g/mol. The molecule has 0 amide bonds. The molecule has 0 aromatic rings. The van der Waals surface area contributed by atoms with Gasteiger partial charge in [-0.05, 0) is 50.0 Å². The molecule has 2 atom stereocenters. The Kier molecular flexibility index (Phi) is 5.08. The van der Waals surface area contributed by atoms with Gasteiger partial charge < -0.3 is 5.32 Å². The molecule has 1 saturated heterocycles. The maximum atomic E-state index is 3.79. The van der Waals surface area contributed by atoms with Crippen LogP contribution < -0.4 is 5.32 Å². The summed E-state index contributed by atoms with van der Waals surface area (Å²) in [4.78, 5) is 2.77. The van der Waals surface area contributed by atoms with Gasteiger partial charge in [0.25, 0.3) is 0 Å². The van der Waals surface area contributed by atoms with E-state index < -0.39 is 0 Å². The molecule has 2 nitrogen and oxygen atoms in total. The van der Waals surface area contributed by atoms with Gasteiger partial charge in [-0.3, -0.25) is 4.90 Å². The van der Waals surface area contributed by atoms with Gasteiger partial charge >= 0.3 is 0 Å². The molecule has 2 aliphatic rings. The summed E-state index contributed by atoms with van der Waals surface area (Å²) in [5.41, 5.74) is 0. The quantitative estimate of drug-likeness (QED) is 0.809. The molecule has 0 spiro atoms. The molecule has 0 aromatic carbocycles. The zero-order valence-corrected chi connectivity index (χ0v) is 12.8. The van der Waals surface area contributed by atoms with Crippen LogP contribution in [0.1, 0.15) is 53.4 Å². The van der Waals surface area contributed by atoms with E-state index in [9.17, 15) is 0 Å². The van der Waals surface area contributed by atoms with E-state index in [4.69, 9.17) is 0 Å². The van der Waals surface area contributed by atoms with Crippen molar-refractivity contribution >= 4 is 0 Å². The van der Waals surface area contributed by atoms with E-state index in [-0.39, 0.29) is 0 Å². The third-order valence-electron chi connectivity index (χ3n) is 4.71. The Balaban J connectivity index is 1.74. The van der Waals surface area contributed by atoms with E-state index in [1.165, 1.54) is 45.3 Å². The Bertz CT molecular complexity index is 245. The van der Waals surface area contributed by atoms with Crippen molar-refractivity contribution in [2.45, 2.75) is 65.5 Å². The van der Waals surface area contributed by atoms with Crippen molar-refractivity contribution < 1.29 is 0 Å². The molecule has 1 heterocycles. The fourth-order valence-corrected chi connectivity index (χ4v) is 3.57. The molecule has 18 heavy (non-hydrogen) atoms. The van der Waals surface area contributed by atoms with Crippen molar-refractivity contribution in [3.8, 4) is 0 Å². The molecule has 0 radical (unpaired) electrons. The lowest BCUT2D eigenvalue weighted by molar-refractivity contribution is 0.0375. The molecule has 1 saturated carbocycles. The topological polar surface area (TPSA) is 15.3 Å². The molecule has 2 fully saturated rings. The number of nitrogens with zero attached hydrogens (tertiary/aromatic N) is 1. The average molecular weight is 252 g/mol. The van der Waals surface area contributed by atoms with Crippen LogP contribution in [0.4, 0.5) is 0 Å². The summed E-state index contributed by atoms with van der Waals surface area (Å²) in [5.74, 6) is 2.66. The van der Waals surface area contributed by atoms with E-state index in [2.05, 4.69) is 37.9 Å². The first-order chi connectivity index (χ1) is 8.54. The van der Waals surface area contributed by atoms with Crippen molar-refractivity contribution in [1.29, 1.82) is 0 Å². The summed E-state index contributed by atoms with van der Waals surface area (Å²) in [5, 5.41) is 3.79. The van der Waals surface area contributed by atoms with Gasteiger partial charge in [0.15, 0.2) is 0 Å². The number of nitrogens with one attached hydrogen (secondary N) is 1. The van der Waals surface area contributed by atoms with Crippen molar-refractivity contribution in [2.24, 2.45) is 17.8 Å². The minimum absolute atomic E-state index is 0.739. The van der Waals surface area contributed by atoms with Gasteiger partial charge in [-0.2, -0.15) is 0 Å². The monoisotopic (exact) mass is 252 g/mol. The molecule has 1 N–H and O–H groups in total. The maximum absolute atomic E-state index is 3.79. The fraction of sp³-hybridized carbons (Fsp3) is 1.00.